The third kappa shape index (κ3) is 3.40. The van der Waals surface area contributed by atoms with Crippen molar-refractivity contribution in [1.29, 1.82) is 0 Å². The molecule has 1 aliphatic rings. The minimum Gasteiger partial charge on any atom is -0.493 e. The number of morpholine rings is 1. The SMILES string of the molecule is CCOc1ccccc1SC(=O)N1CCOCC1. The lowest BCUT2D eigenvalue weighted by Crippen LogP contribution is -2.38. The van der Waals surface area contributed by atoms with Crippen LogP contribution in [0.25, 0.3) is 0 Å². The summed E-state index contributed by atoms with van der Waals surface area (Å²) in [5.74, 6) is 0.770. The van der Waals surface area contributed by atoms with Crippen LogP contribution in [-0.2, 0) is 4.74 Å². The third-order valence-corrected chi connectivity index (χ3v) is 3.61. The van der Waals surface area contributed by atoms with E-state index in [1.165, 1.54) is 11.8 Å². The summed E-state index contributed by atoms with van der Waals surface area (Å²) >= 11 is 1.22. The standard InChI is InChI=1S/C13H17NO3S/c1-2-17-11-5-3-4-6-12(11)18-13(15)14-7-9-16-10-8-14/h3-6H,2,7-10H2,1H3. The van der Waals surface area contributed by atoms with Crippen LogP contribution in [0.15, 0.2) is 29.2 Å². The van der Waals surface area contributed by atoms with Gasteiger partial charge < -0.3 is 14.4 Å². The number of rotatable bonds is 3. The Morgan fingerprint density at radius 2 is 2.11 bits per heavy atom. The van der Waals surface area contributed by atoms with Crippen LogP contribution < -0.4 is 4.74 Å². The zero-order chi connectivity index (χ0) is 12.8. The monoisotopic (exact) mass is 267 g/mol. The van der Waals surface area contributed by atoms with Gasteiger partial charge in [0.2, 0.25) is 0 Å². The van der Waals surface area contributed by atoms with Crippen molar-refractivity contribution in [2.75, 3.05) is 32.9 Å². The van der Waals surface area contributed by atoms with Crippen molar-refractivity contribution in [3.8, 4) is 5.75 Å². The van der Waals surface area contributed by atoms with E-state index in [4.69, 9.17) is 9.47 Å². The summed E-state index contributed by atoms with van der Waals surface area (Å²) in [6.45, 7) is 5.12. The fourth-order valence-corrected chi connectivity index (χ4v) is 2.59. The first-order valence-corrected chi connectivity index (χ1v) is 6.89. The molecule has 0 aromatic heterocycles. The average Bonchev–Trinajstić information content (AvgIpc) is 2.42. The van der Waals surface area contributed by atoms with Gasteiger partial charge >= 0.3 is 0 Å². The van der Waals surface area contributed by atoms with E-state index in [0.29, 0.717) is 32.9 Å². The first kappa shape index (κ1) is 13.2. The van der Waals surface area contributed by atoms with Gasteiger partial charge in [-0.1, -0.05) is 12.1 Å². The highest BCUT2D eigenvalue weighted by Gasteiger charge is 2.19. The van der Waals surface area contributed by atoms with Crippen molar-refractivity contribution in [3.05, 3.63) is 24.3 Å². The molecule has 5 heteroatoms. The Bertz CT molecular complexity index is 405. The Kier molecular flexibility index (Phi) is 4.90. The molecule has 2 rings (SSSR count). The normalized spacial score (nSPS) is 15.5. The van der Waals surface area contributed by atoms with Gasteiger partial charge in [-0.05, 0) is 30.8 Å². The Hall–Kier alpha value is -1.20. The number of hydrogen-bond donors (Lipinski definition) is 0. The molecule has 1 aromatic carbocycles. The van der Waals surface area contributed by atoms with Gasteiger partial charge in [0.1, 0.15) is 5.75 Å². The maximum atomic E-state index is 12.1. The highest BCUT2D eigenvalue weighted by Crippen LogP contribution is 2.31. The van der Waals surface area contributed by atoms with Crippen LogP contribution in [0.3, 0.4) is 0 Å². The second-order valence-electron chi connectivity index (χ2n) is 3.85. The number of para-hydroxylation sites is 1. The Balaban J connectivity index is 2.01. The Morgan fingerprint density at radius 3 is 2.83 bits per heavy atom. The molecule has 0 spiro atoms. The van der Waals surface area contributed by atoms with Gasteiger partial charge in [-0.2, -0.15) is 0 Å². The predicted molar refractivity (Wildman–Crippen MR) is 71.3 cm³/mol. The molecule has 1 saturated heterocycles. The molecule has 0 atom stereocenters. The summed E-state index contributed by atoms with van der Waals surface area (Å²) in [5, 5.41) is 0.0606. The molecule has 0 unspecified atom stereocenters. The van der Waals surface area contributed by atoms with Crippen molar-refractivity contribution >= 4 is 17.0 Å². The number of nitrogens with zero attached hydrogens (tertiary/aromatic N) is 1. The van der Waals surface area contributed by atoms with E-state index in [1.807, 2.05) is 36.1 Å². The van der Waals surface area contributed by atoms with Crippen molar-refractivity contribution < 1.29 is 14.3 Å². The zero-order valence-corrected chi connectivity index (χ0v) is 11.2. The fourth-order valence-electron chi connectivity index (χ4n) is 1.71. The number of carbonyl (C=O) groups excluding carboxylic acids is 1. The van der Waals surface area contributed by atoms with Crippen LogP contribution in [-0.4, -0.2) is 43.0 Å². The summed E-state index contributed by atoms with van der Waals surface area (Å²) < 4.78 is 10.7. The molecular formula is C13H17NO3S. The lowest BCUT2D eigenvalue weighted by atomic mass is 10.3. The molecule has 0 aliphatic carbocycles. The number of amides is 1. The second-order valence-corrected chi connectivity index (χ2v) is 4.84. The van der Waals surface area contributed by atoms with E-state index in [1.54, 1.807) is 0 Å². The Labute approximate surface area is 111 Å². The predicted octanol–water partition coefficient (Wildman–Crippen LogP) is 2.63. The zero-order valence-electron chi connectivity index (χ0n) is 10.4. The molecule has 0 saturated carbocycles. The molecular weight excluding hydrogens is 250 g/mol. The van der Waals surface area contributed by atoms with Crippen molar-refractivity contribution in [2.24, 2.45) is 0 Å². The second kappa shape index (κ2) is 6.66. The van der Waals surface area contributed by atoms with E-state index >= 15 is 0 Å². The van der Waals surface area contributed by atoms with Crippen molar-refractivity contribution in [2.45, 2.75) is 11.8 Å². The highest BCUT2D eigenvalue weighted by molar-refractivity contribution is 8.13. The minimum atomic E-state index is 0.0606. The maximum absolute atomic E-state index is 12.1. The lowest BCUT2D eigenvalue weighted by molar-refractivity contribution is 0.0593. The fraction of sp³-hybridized carbons (Fsp3) is 0.462. The van der Waals surface area contributed by atoms with E-state index in [2.05, 4.69) is 0 Å². The molecule has 1 amide bonds. The number of ether oxygens (including phenoxy) is 2. The van der Waals surface area contributed by atoms with Crippen LogP contribution >= 0.6 is 11.8 Å². The average molecular weight is 267 g/mol. The topological polar surface area (TPSA) is 38.8 Å². The number of hydrogen-bond acceptors (Lipinski definition) is 4. The highest BCUT2D eigenvalue weighted by atomic mass is 32.2. The summed E-state index contributed by atoms with van der Waals surface area (Å²) in [5.41, 5.74) is 0. The molecule has 0 radical (unpaired) electrons. The lowest BCUT2D eigenvalue weighted by Gasteiger charge is -2.26. The van der Waals surface area contributed by atoms with Crippen LogP contribution in [0.5, 0.6) is 5.75 Å². The van der Waals surface area contributed by atoms with Gasteiger partial charge in [0, 0.05) is 13.1 Å². The molecule has 4 nitrogen and oxygen atoms in total. The first-order valence-electron chi connectivity index (χ1n) is 6.07. The van der Waals surface area contributed by atoms with E-state index in [9.17, 15) is 4.79 Å². The van der Waals surface area contributed by atoms with E-state index in [-0.39, 0.29) is 5.24 Å². The molecule has 0 bridgehead atoms. The molecule has 18 heavy (non-hydrogen) atoms. The van der Waals surface area contributed by atoms with E-state index < -0.39 is 0 Å². The quantitative estimate of drug-likeness (QED) is 0.789. The first-order chi connectivity index (χ1) is 8.81. The van der Waals surface area contributed by atoms with Crippen molar-refractivity contribution in [1.82, 2.24) is 4.90 Å². The van der Waals surface area contributed by atoms with Crippen LogP contribution in [0, 0.1) is 0 Å². The van der Waals surface area contributed by atoms with Crippen LogP contribution in [0.2, 0.25) is 0 Å². The Morgan fingerprint density at radius 1 is 1.39 bits per heavy atom. The summed E-state index contributed by atoms with van der Waals surface area (Å²) in [4.78, 5) is 14.8. The summed E-state index contributed by atoms with van der Waals surface area (Å²) in [6, 6.07) is 7.62. The summed E-state index contributed by atoms with van der Waals surface area (Å²) in [7, 11) is 0. The third-order valence-electron chi connectivity index (χ3n) is 2.62. The van der Waals surface area contributed by atoms with Crippen LogP contribution in [0.4, 0.5) is 4.79 Å². The molecule has 1 fully saturated rings. The van der Waals surface area contributed by atoms with Crippen LogP contribution in [0.1, 0.15) is 6.92 Å². The van der Waals surface area contributed by atoms with Gasteiger partial charge in [0.05, 0.1) is 24.7 Å². The van der Waals surface area contributed by atoms with E-state index in [0.717, 1.165) is 10.6 Å². The van der Waals surface area contributed by atoms with Gasteiger partial charge in [-0.25, -0.2) is 0 Å². The molecule has 1 heterocycles. The van der Waals surface area contributed by atoms with Gasteiger partial charge in [0.25, 0.3) is 5.24 Å². The summed E-state index contributed by atoms with van der Waals surface area (Å²) in [6.07, 6.45) is 0. The number of thioether (sulfide) groups is 1. The number of benzene rings is 1. The molecule has 1 aliphatic heterocycles. The van der Waals surface area contributed by atoms with Gasteiger partial charge in [0.15, 0.2) is 0 Å². The molecule has 1 aromatic rings. The van der Waals surface area contributed by atoms with Gasteiger partial charge in [-0.15, -0.1) is 0 Å². The van der Waals surface area contributed by atoms with Crippen molar-refractivity contribution in [3.63, 3.8) is 0 Å². The largest absolute Gasteiger partial charge is 0.493 e. The number of carbonyl (C=O) groups is 1. The maximum Gasteiger partial charge on any atom is 0.286 e. The smallest absolute Gasteiger partial charge is 0.286 e. The minimum absolute atomic E-state index is 0.0606. The molecule has 98 valence electrons. The van der Waals surface area contributed by atoms with Gasteiger partial charge in [-0.3, -0.25) is 4.79 Å². The molecule has 0 N–H and O–H groups in total.